The molecule has 3 heteroatoms. The average molecular weight is 319 g/mol. The molecule has 2 aromatic carbocycles. The molecule has 1 unspecified atom stereocenters. The fraction of sp³-hybridized carbons (Fsp3) is 0.133. The molecule has 3 rings (SSSR count). The van der Waals surface area contributed by atoms with E-state index in [1.54, 1.807) is 11.8 Å². The number of benzene rings is 2. The lowest BCUT2D eigenvalue weighted by atomic mass is 10.0. The van der Waals surface area contributed by atoms with Crippen LogP contribution in [-0.4, -0.2) is 5.78 Å². The lowest BCUT2D eigenvalue weighted by molar-refractivity contribution is 0.0976. The maximum absolute atomic E-state index is 12.1. The predicted octanol–water partition coefficient (Wildman–Crippen LogP) is 4.87. The molecule has 0 amide bonds. The second-order valence-electron chi connectivity index (χ2n) is 4.28. The Morgan fingerprint density at radius 2 is 1.78 bits per heavy atom. The van der Waals surface area contributed by atoms with Crippen molar-refractivity contribution in [1.82, 2.24) is 0 Å². The summed E-state index contributed by atoms with van der Waals surface area (Å²) >= 11 is 5.22. The van der Waals surface area contributed by atoms with E-state index in [0.29, 0.717) is 6.42 Å². The normalized spacial score (nSPS) is 18.5. The van der Waals surface area contributed by atoms with Gasteiger partial charge in [0.05, 0.1) is 0 Å². The van der Waals surface area contributed by atoms with Crippen molar-refractivity contribution >= 4 is 33.5 Å². The summed E-state index contributed by atoms with van der Waals surface area (Å²) in [6.45, 7) is 0. The second-order valence-corrected chi connectivity index (χ2v) is 6.44. The quantitative estimate of drug-likeness (QED) is 0.746. The third kappa shape index (κ3) is 2.25. The molecule has 1 nitrogen and oxygen atoms in total. The topological polar surface area (TPSA) is 17.1 Å². The van der Waals surface area contributed by atoms with Crippen molar-refractivity contribution in [2.24, 2.45) is 0 Å². The number of halogens is 1. The van der Waals surface area contributed by atoms with Crippen molar-refractivity contribution in [1.29, 1.82) is 0 Å². The zero-order valence-electron chi connectivity index (χ0n) is 9.60. The van der Waals surface area contributed by atoms with Crippen molar-refractivity contribution in [3.05, 3.63) is 64.1 Å². The van der Waals surface area contributed by atoms with Gasteiger partial charge in [-0.25, -0.2) is 0 Å². The molecule has 90 valence electrons. The number of hydrogen-bond donors (Lipinski definition) is 0. The Morgan fingerprint density at radius 1 is 1.06 bits per heavy atom. The van der Waals surface area contributed by atoms with Gasteiger partial charge in [-0.2, -0.15) is 0 Å². The number of fused-ring (bicyclic) bond motifs is 1. The second kappa shape index (κ2) is 4.90. The standard InChI is InChI=1S/C15H11BrOS/c16-11-7-5-10(6-8-11)15-9-13(17)12-3-1-2-4-14(12)18-15/h1-8,15H,9H2. The third-order valence-corrected chi connectivity index (χ3v) is 4.93. The fourth-order valence-corrected chi connectivity index (χ4v) is 3.70. The molecule has 0 aromatic heterocycles. The first-order valence-electron chi connectivity index (χ1n) is 5.78. The SMILES string of the molecule is O=C1CC(c2ccc(Br)cc2)Sc2ccccc21. The number of thioether (sulfide) groups is 1. The van der Waals surface area contributed by atoms with Crippen molar-refractivity contribution in [2.45, 2.75) is 16.6 Å². The Balaban J connectivity index is 1.94. The Hall–Kier alpha value is -1.06. The van der Waals surface area contributed by atoms with Gasteiger partial charge in [0.1, 0.15) is 0 Å². The van der Waals surface area contributed by atoms with Gasteiger partial charge in [-0.05, 0) is 23.8 Å². The monoisotopic (exact) mass is 318 g/mol. The first-order chi connectivity index (χ1) is 8.74. The molecule has 0 saturated heterocycles. The van der Waals surface area contributed by atoms with E-state index >= 15 is 0 Å². The summed E-state index contributed by atoms with van der Waals surface area (Å²) in [5, 5.41) is 0.237. The number of Topliss-reactive ketones (excluding diaryl/α,β-unsaturated/α-hetero) is 1. The van der Waals surface area contributed by atoms with E-state index in [1.807, 2.05) is 36.4 Å². The minimum Gasteiger partial charge on any atom is -0.294 e. The molecule has 0 bridgehead atoms. The average Bonchev–Trinajstić information content (AvgIpc) is 2.39. The summed E-state index contributed by atoms with van der Waals surface area (Å²) in [6.07, 6.45) is 0.587. The minimum atomic E-state index is 0.237. The van der Waals surface area contributed by atoms with Crippen LogP contribution in [0.2, 0.25) is 0 Å². The van der Waals surface area contributed by atoms with Crippen LogP contribution >= 0.6 is 27.7 Å². The molecule has 0 radical (unpaired) electrons. The van der Waals surface area contributed by atoms with E-state index < -0.39 is 0 Å². The van der Waals surface area contributed by atoms with Crippen LogP contribution in [0.3, 0.4) is 0 Å². The van der Waals surface area contributed by atoms with Gasteiger partial charge in [-0.15, -0.1) is 11.8 Å². The van der Waals surface area contributed by atoms with Gasteiger partial charge >= 0.3 is 0 Å². The molecule has 2 aromatic rings. The molecule has 0 fully saturated rings. The van der Waals surface area contributed by atoms with Crippen LogP contribution in [0.25, 0.3) is 0 Å². The molecule has 0 N–H and O–H groups in total. The highest BCUT2D eigenvalue weighted by Crippen LogP contribution is 2.44. The zero-order chi connectivity index (χ0) is 12.5. The van der Waals surface area contributed by atoms with Crippen molar-refractivity contribution in [2.75, 3.05) is 0 Å². The summed E-state index contributed by atoms with van der Waals surface area (Å²) in [5.41, 5.74) is 2.09. The van der Waals surface area contributed by atoms with Crippen LogP contribution in [0.4, 0.5) is 0 Å². The van der Waals surface area contributed by atoms with Crippen LogP contribution in [0.15, 0.2) is 57.9 Å². The molecule has 1 aliphatic rings. The first kappa shape index (κ1) is 12.0. The number of ketones is 1. The molecular formula is C15H11BrOS. The number of hydrogen-bond acceptors (Lipinski definition) is 2. The summed E-state index contributed by atoms with van der Waals surface area (Å²) in [6, 6.07) is 16.1. The Morgan fingerprint density at radius 3 is 2.56 bits per heavy atom. The van der Waals surface area contributed by atoms with Crippen LogP contribution < -0.4 is 0 Å². The molecule has 1 heterocycles. The van der Waals surface area contributed by atoms with Gasteiger partial charge in [0.2, 0.25) is 0 Å². The largest absolute Gasteiger partial charge is 0.294 e. The van der Waals surface area contributed by atoms with E-state index in [1.165, 1.54) is 5.56 Å². The maximum atomic E-state index is 12.1. The highest BCUT2D eigenvalue weighted by atomic mass is 79.9. The fourth-order valence-electron chi connectivity index (χ4n) is 2.14. The molecule has 0 aliphatic carbocycles. The van der Waals surface area contributed by atoms with E-state index in [-0.39, 0.29) is 11.0 Å². The first-order valence-corrected chi connectivity index (χ1v) is 7.45. The van der Waals surface area contributed by atoms with Gasteiger partial charge in [0.15, 0.2) is 5.78 Å². The van der Waals surface area contributed by atoms with Gasteiger partial charge in [0.25, 0.3) is 0 Å². The van der Waals surface area contributed by atoms with Crippen molar-refractivity contribution < 1.29 is 4.79 Å². The molecule has 1 atom stereocenters. The Labute approximate surface area is 119 Å². The van der Waals surface area contributed by atoms with Crippen molar-refractivity contribution in [3.8, 4) is 0 Å². The van der Waals surface area contributed by atoms with Gasteiger partial charge < -0.3 is 0 Å². The van der Waals surface area contributed by atoms with Gasteiger partial charge in [-0.3, -0.25) is 4.79 Å². The van der Waals surface area contributed by atoms with E-state index in [4.69, 9.17) is 0 Å². The maximum Gasteiger partial charge on any atom is 0.165 e. The highest BCUT2D eigenvalue weighted by molar-refractivity contribution is 9.10. The number of carbonyl (C=O) groups is 1. The van der Waals surface area contributed by atoms with Crippen molar-refractivity contribution in [3.63, 3.8) is 0 Å². The van der Waals surface area contributed by atoms with Gasteiger partial charge in [-0.1, -0.05) is 46.3 Å². The third-order valence-electron chi connectivity index (χ3n) is 3.07. The molecular weight excluding hydrogens is 308 g/mol. The number of rotatable bonds is 1. The van der Waals surface area contributed by atoms with Crippen LogP contribution in [0.1, 0.15) is 27.6 Å². The number of carbonyl (C=O) groups excluding carboxylic acids is 1. The van der Waals surface area contributed by atoms with Crippen LogP contribution in [-0.2, 0) is 0 Å². The lowest BCUT2D eigenvalue weighted by Crippen LogP contribution is -2.11. The smallest absolute Gasteiger partial charge is 0.165 e. The molecule has 1 aliphatic heterocycles. The Kier molecular flexibility index (Phi) is 3.27. The van der Waals surface area contributed by atoms with E-state index in [9.17, 15) is 4.79 Å². The summed E-state index contributed by atoms with van der Waals surface area (Å²) in [7, 11) is 0. The van der Waals surface area contributed by atoms with Crippen LogP contribution in [0.5, 0.6) is 0 Å². The van der Waals surface area contributed by atoms with E-state index in [2.05, 4.69) is 28.1 Å². The molecule has 18 heavy (non-hydrogen) atoms. The molecule has 0 spiro atoms. The minimum absolute atomic E-state index is 0.237. The summed E-state index contributed by atoms with van der Waals surface area (Å²) < 4.78 is 1.07. The zero-order valence-corrected chi connectivity index (χ0v) is 12.0. The summed E-state index contributed by atoms with van der Waals surface area (Å²) in [5.74, 6) is 0.247. The Bertz CT molecular complexity index is 592. The molecule has 0 saturated carbocycles. The van der Waals surface area contributed by atoms with Gasteiger partial charge in [0, 0.05) is 26.6 Å². The predicted molar refractivity (Wildman–Crippen MR) is 78.1 cm³/mol. The lowest BCUT2D eigenvalue weighted by Gasteiger charge is -2.23. The summed E-state index contributed by atoms with van der Waals surface area (Å²) in [4.78, 5) is 13.2. The van der Waals surface area contributed by atoms with E-state index in [0.717, 1.165) is 14.9 Å². The van der Waals surface area contributed by atoms with Crippen LogP contribution in [0, 0.1) is 0 Å². The highest BCUT2D eigenvalue weighted by Gasteiger charge is 2.26.